The molecule has 0 saturated carbocycles. The van der Waals surface area contributed by atoms with E-state index in [1.165, 1.54) is 0 Å². The van der Waals surface area contributed by atoms with Crippen molar-refractivity contribution in [2.24, 2.45) is 0 Å². The molecule has 0 aromatic heterocycles. The minimum absolute atomic E-state index is 0.0357. The molecule has 0 bridgehead atoms. The van der Waals surface area contributed by atoms with E-state index in [9.17, 15) is 5.11 Å². The van der Waals surface area contributed by atoms with E-state index in [1.807, 2.05) is 20.8 Å². The Labute approximate surface area is 107 Å². The highest BCUT2D eigenvalue weighted by molar-refractivity contribution is 6.42. The molecule has 1 atom stereocenters. The molecule has 0 aliphatic carbocycles. The van der Waals surface area contributed by atoms with Crippen LogP contribution in [0.25, 0.3) is 0 Å². The van der Waals surface area contributed by atoms with Gasteiger partial charge < -0.3 is 10.4 Å². The average Bonchev–Trinajstić information content (AvgIpc) is 2.17. The summed E-state index contributed by atoms with van der Waals surface area (Å²) < 4.78 is 0. The third-order valence-corrected chi connectivity index (χ3v) is 3.00. The summed E-state index contributed by atoms with van der Waals surface area (Å²) in [6.07, 6.45) is -0.648. The van der Waals surface area contributed by atoms with Crippen molar-refractivity contribution in [2.45, 2.75) is 32.4 Å². The summed E-state index contributed by atoms with van der Waals surface area (Å²) in [5.74, 6) is 0. The smallest absolute Gasteiger partial charge is 0.0929 e. The summed E-state index contributed by atoms with van der Waals surface area (Å²) >= 11 is 11.9. The van der Waals surface area contributed by atoms with Crippen LogP contribution in [0.2, 0.25) is 10.0 Å². The van der Waals surface area contributed by atoms with Crippen molar-refractivity contribution in [3.63, 3.8) is 0 Å². The topological polar surface area (TPSA) is 32.3 Å². The molecule has 2 N–H and O–H groups in total. The summed E-state index contributed by atoms with van der Waals surface area (Å²) in [5.41, 5.74) is 0.623. The second kappa shape index (κ2) is 5.37. The fourth-order valence-electron chi connectivity index (χ4n) is 1.29. The van der Waals surface area contributed by atoms with E-state index in [0.29, 0.717) is 22.2 Å². The summed E-state index contributed by atoms with van der Waals surface area (Å²) in [7, 11) is 0. The van der Waals surface area contributed by atoms with Crippen LogP contribution in [0.5, 0.6) is 0 Å². The molecule has 0 spiro atoms. The Bertz CT molecular complexity index is 361. The zero-order chi connectivity index (χ0) is 12.3. The average molecular weight is 262 g/mol. The predicted octanol–water partition coefficient (Wildman–Crippen LogP) is 3.41. The fourth-order valence-corrected chi connectivity index (χ4v) is 1.72. The maximum absolute atomic E-state index is 9.98. The predicted molar refractivity (Wildman–Crippen MR) is 69.2 cm³/mol. The molecule has 0 amide bonds. The van der Waals surface area contributed by atoms with Crippen LogP contribution in [0, 0.1) is 0 Å². The van der Waals surface area contributed by atoms with Gasteiger partial charge in [-0.25, -0.2) is 0 Å². The lowest BCUT2D eigenvalue weighted by atomic mass is 10.1. The van der Waals surface area contributed by atoms with Crippen LogP contribution in [-0.2, 0) is 0 Å². The van der Waals surface area contributed by atoms with Crippen molar-refractivity contribution in [1.82, 2.24) is 5.32 Å². The van der Waals surface area contributed by atoms with E-state index in [0.717, 1.165) is 0 Å². The lowest BCUT2D eigenvalue weighted by molar-refractivity contribution is 0.163. The van der Waals surface area contributed by atoms with Crippen molar-refractivity contribution in [3.05, 3.63) is 33.8 Å². The summed E-state index contributed by atoms with van der Waals surface area (Å²) in [6.45, 7) is 6.57. The number of nitrogens with one attached hydrogen (secondary N) is 1. The van der Waals surface area contributed by atoms with E-state index in [-0.39, 0.29) is 5.54 Å². The third kappa shape index (κ3) is 3.95. The number of aliphatic hydroxyl groups is 1. The molecule has 0 aliphatic heterocycles. The van der Waals surface area contributed by atoms with Crippen LogP contribution in [0.4, 0.5) is 0 Å². The van der Waals surface area contributed by atoms with E-state index in [4.69, 9.17) is 23.2 Å². The van der Waals surface area contributed by atoms with Crippen molar-refractivity contribution in [2.75, 3.05) is 6.54 Å². The van der Waals surface area contributed by atoms with Gasteiger partial charge in [-0.1, -0.05) is 35.3 Å². The Kier molecular flexibility index (Phi) is 4.62. The quantitative estimate of drug-likeness (QED) is 0.874. The lowest BCUT2D eigenvalue weighted by Crippen LogP contribution is -2.38. The molecule has 16 heavy (non-hydrogen) atoms. The maximum atomic E-state index is 9.98. The zero-order valence-corrected chi connectivity index (χ0v) is 11.2. The highest BCUT2D eigenvalue weighted by atomic mass is 35.5. The molecular formula is C12H17Cl2NO. The van der Waals surface area contributed by atoms with Gasteiger partial charge in [0.2, 0.25) is 0 Å². The Balaban J connectivity index is 2.73. The van der Waals surface area contributed by atoms with Gasteiger partial charge >= 0.3 is 0 Å². The van der Waals surface area contributed by atoms with Crippen molar-refractivity contribution >= 4 is 23.2 Å². The molecule has 1 rings (SSSR count). The summed E-state index contributed by atoms with van der Waals surface area (Å²) in [5, 5.41) is 14.1. The van der Waals surface area contributed by atoms with Crippen LogP contribution in [0.15, 0.2) is 18.2 Å². The Morgan fingerprint density at radius 1 is 1.31 bits per heavy atom. The van der Waals surface area contributed by atoms with Gasteiger partial charge in [-0.15, -0.1) is 0 Å². The number of hydrogen-bond donors (Lipinski definition) is 2. The molecule has 0 saturated heterocycles. The zero-order valence-electron chi connectivity index (χ0n) is 9.72. The normalized spacial score (nSPS) is 13.9. The molecule has 1 unspecified atom stereocenters. The Morgan fingerprint density at radius 3 is 2.50 bits per heavy atom. The second-order valence-corrected chi connectivity index (χ2v) is 5.57. The molecule has 4 heteroatoms. The first-order valence-corrected chi connectivity index (χ1v) is 5.94. The van der Waals surface area contributed by atoms with E-state index < -0.39 is 6.10 Å². The van der Waals surface area contributed by atoms with Gasteiger partial charge in [0.25, 0.3) is 0 Å². The molecule has 90 valence electrons. The van der Waals surface area contributed by atoms with Crippen LogP contribution in [-0.4, -0.2) is 17.2 Å². The van der Waals surface area contributed by atoms with Crippen LogP contribution in [0.3, 0.4) is 0 Å². The Morgan fingerprint density at radius 2 is 1.94 bits per heavy atom. The third-order valence-electron chi connectivity index (χ3n) is 2.17. The number of hydrogen-bond acceptors (Lipinski definition) is 2. The first kappa shape index (κ1) is 13.8. The van der Waals surface area contributed by atoms with Crippen LogP contribution in [0.1, 0.15) is 32.4 Å². The van der Waals surface area contributed by atoms with Gasteiger partial charge in [-0.2, -0.15) is 0 Å². The van der Waals surface area contributed by atoms with Gasteiger partial charge in [0, 0.05) is 17.6 Å². The monoisotopic (exact) mass is 261 g/mol. The fraction of sp³-hybridized carbons (Fsp3) is 0.500. The second-order valence-electron chi connectivity index (χ2n) is 4.79. The molecule has 0 radical (unpaired) electrons. The van der Waals surface area contributed by atoms with Gasteiger partial charge in [0.15, 0.2) is 0 Å². The van der Waals surface area contributed by atoms with E-state index in [1.54, 1.807) is 18.2 Å². The van der Waals surface area contributed by atoms with Crippen molar-refractivity contribution in [3.8, 4) is 0 Å². The van der Waals surface area contributed by atoms with Crippen molar-refractivity contribution in [1.29, 1.82) is 0 Å². The van der Waals surface area contributed by atoms with Gasteiger partial charge in [0.1, 0.15) is 0 Å². The summed E-state index contributed by atoms with van der Waals surface area (Å²) in [6, 6.07) is 5.27. The number of aliphatic hydroxyl groups excluding tert-OH is 1. The number of β-amino-alcohol motifs (C(OH)–C–C–N with tert-alkyl or cyclic N) is 1. The lowest BCUT2D eigenvalue weighted by Gasteiger charge is -2.23. The van der Waals surface area contributed by atoms with Crippen LogP contribution < -0.4 is 5.32 Å². The molecule has 0 fully saturated rings. The van der Waals surface area contributed by atoms with Crippen LogP contribution >= 0.6 is 23.2 Å². The minimum atomic E-state index is -0.648. The minimum Gasteiger partial charge on any atom is -0.387 e. The summed E-state index contributed by atoms with van der Waals surface area (Å²) in [4.78, 5) is 0. The molecule has 2 nitrogen and oxygen atoms in total. The highest BCUT2D eigenvalue weighted by Crippen LogP contribution is 2.29. The SMILES string of the molecule is CC(C)(C)NCC(O)c1cccc(Cl)c1Cl. The van der Waals surface area contributed by atoms with E-state index >= 15 is 0 Å². The van der Waals surface area contributed by atoms with Gasteiger partial charge in [-0.05, 0) is 26.8 Å². The maximum Gasteiger partial charge on any atom is 0.0929 e. The molecule has 1 aromatic carbocycles. The van der Waals surface area contributed by atoms with E-state index in [2.05, 4.69) is 5.32 Å². The van der Waals surface area contributed by atoms with Gasteiger partial charge in [-0.3, -0.25) is 0 Å². The first-order chi connectivity index (χ1) is 7.31. The molecular weight excluding hydrogens is 245 g/mol. The number of benzene rings is 1. The standard InChI is InChI=1S/C12H17Cl2NO/c1-12(2,3)15-7-10(16)8-5-4-6-9(13)11(8)14/h4-6,10,15-16H,7H2,1-3H3. The number of halogens is 2. The molecule has 0 aliphatic rings. The van der Waals surface area contributed by atoms with Crippen molar-refractivity contribution < 1.29 is 5.11 Å². The number of rotatable bonds is 3. The Hall–Kier alpha value is -0.280. The molecule has 1 aromatic rings. The largest absolute Gasteiger partial charge is 0.387 e. The first-order valence-electron chi connectivity index (χ1n) is 5.18. The highest BCUT2D eigenvalue weighted by Gasteiger charge is 2.16. The molecule has 0 heterocycles. The van der Waals surface area contributed by atoms with Gasteiger partial charge in [0.05, 0.1) is 16.1 Å².